The lowest BCUT2D eigenvalue weighted by molar-refractivity contribution is 0.590. The predicted octanol–water partition coefficient (Wildman–Crippen LogP) is 18.0. The monoisotopic (exact) mass is 834 g/mol. The van der Waals surface area contributed by atoms with Crippen LogP contribution in [0.15, 0.2) is 158 Å². The van der Waals surface area contributed by atoms with Gasteiger partial charge in [0, 0.05) is 32.9 Å². The Kier molecular flexibility index (Phi) is 9.48. The quantitative estimate of drug-likeness (QED) is 0.157. The minimum atomic E-state index is -0.0625. The summed E-state index contributed by atoms with van der Waals surface area (Å²) in [6.07, 6.45) is 0. The van der Waals surface area contributed by atoms with Crippen molar-refractivity contribution < 1.29 is 0 Å². The first-order chi connectivity index (χ1) is 30.3. The van der Waals surface area contributed by atoms with E-state index in [2.05, 4.69) is 250 Å². The Hall–Kier alpha value is -6.38. The van der Waals surface area contributed by atoms with Gasteiger partial charge in [0.25, 0.3) is 0 Å². The number of anilines is 3. The van der Waals surface area contributed by atoms with Crippen LogP contribution in [0.25, 0.3) is 70.9 Å². The Labute approximate surface area is 380 Å². The molecule has 1 aromatic heterocycles. The van der Waals surface area contributed by atoms with Crippen molar-refractivity contribution in [2.45, 2.75) is 105 Å². The highest BCUT2D eigenvalue weighted by Crippen LogP contribution is 2.47. The smallest absolute Gasteiger partial charge is 0.0541 e. The van der Waals surface area contributed by atoms with Gasteiger partial charge in [-0.25, -0.2) is 0 Å². The molecule has 0 spiro atoms. The van der Waals surface area contributed by atoms with Gasteiger partial charge in [-0.05, 0) is 137 Å². The Morgan fingerprint density at radius 3 is 1.41 bits per heavy atom. The molecule has 0 bridgehead atoms. The molecule has 2 nitrogen and oxygen atoms in total. The molecule has 0 radical (unpaired) electrons. The lowest BCUT2D eigenvalue weighted by Crippen LogP contribution is -2.15. The number of aromatic nitrogens is 1. The Bertz CT molecular complexity index is 3320. The van der Waals surface area contributed by atoms with Crippen molar-refractivity contribution in [3.05, 3.63) is 180 Å². The summed E-state index contributed by atoms with van der Waals surface area (Å²) in [6, 6.07) is 60.4. The Morgan fingerprint density at radius 2 is 0.844 bits per heavy atom. The van der Waals surface area contributed by atoms with Gasteiger partial charge in [0.1, 0.15) is 0 Å². The second-order valence-electron chi connectivity index (χ2n) is 22.4. The van der Waals surface area contributed by atoms with E-state index in [1.54, 1.807) is 0 Å². The molecule has 10 rings (SSSR count). The number of fused-ring (bicyclic) bond motifs is 3. The molecule has 2 heteroatoms. The van der Waals surface area contributed by atoms with E-state index in [9.17, 15) is 0 Å². The van der Waals surface area contributed by atoms with E-state index >= 15 is 0 Å². The third-order valence-electron chi connectivity index (χ3n) is 13.7. The summed E-state index contributed by atoms with van der Waals surface area (Å²) >= 11 is 0. The number of hydrogen-bond acceptors (Lipinski definition) is 1. The molecule has 0 aliphatic heterocycles. The minimum Gasteiger partial charge on any atom is -0.310 e. The summed E-state index contributed by atoms with van der Waals surface area (Å²) in [4.78, 5) is 2.49. The number of rotatable bonds is 5. The summed E-state index contributed by atoms with van der Waals surface area (Å²) in [6.45, 7) is 27.7. The van der Waals surface area contributed by atoms with Gasteiger partial charge in [0.05, 0.1) is 22.4 Å². The summed E-state index contributed by atoms with van der Waals surface area (Å²) < 4.78 is 2.53. The molecule has 320 valence electrons. The van der Waals surface area contributed by atoms with Crippen molar-refractivity contribution in [1.29, 1.82) is 0 Å². The molecule has 0 unspecified atom stereocenters. The van der Waals surface area contributed by atoms with Crippen LogP contribution >= 0.6 is 0 Å². The lowest BCUT2D eigenvalue weighted by Gasteiger charge is -2.30. The van der Waals surface area contributed by atoms with Gasteiger partial charge in [0.2, 0.25) is 0 Å². The zero-order valence-electron chi connectivity index (χ0n) is 39.9. The fourth-order valence-electron chi connectivity index (χ4n) is 9.88. The third-order valence-corrected chi connectivity index (χ3v) is 13.7. The largest absolute Gasteiger partial charge is 0.310 e. The summed E-state index contributed by atoms with van der Waals surface area (Å²) in [7, 11) is 0. The van der Waals surface area contributed by atoms with Crippen molar-refractivity contribution in [2.75, 3.05) is 4.90 Å². The van der Waals surface area contributed by atoms with E-state index in [0.29, 0.717) is 0 Å². The molecule has 64 heavy (non-hydrogen) atoms. The van der Waals surface area contributed by atoms with Crippen molar-refractivity contribution >= 4 is 71.2 Å². The van der Waals surface area contributed by atoms with E-state index in [4.69, 9.17) is 0 Å². The van der Waals surface area contributed by atoms with Crippen molar-refractivity contribution in [2.24, 2.45) is 0 Å². The van der Waals surface area contributed by atoms with Gasteiger partial charge in [0.15, 0.2) is 0 Å². The molecule has 0 saturated heterocycles. The van der Waals surface area contributed by atoms with Crippen LogP contribution in [0.5, 0.6) is 0 Å². The van der Waals surface area contributed by atoms with Gasteiger partial charge in [-0.15, -0.1) is 0 Å². The number of hydrogen-bond donors (Lipinski definition) is 0. The molecular weight excluding hydrogens is 773 g/mol. The van der Waals surface area contributed by atoms with E-state index in [1.807, 2.05) is 0 Å². The standard InChI is InChI=1S/C62H62N2/c1-59(2,3)43-24-18-39(19-25-43)42-34-46(62(10,11)12)36-48(35-42)63(47-16-14-13-15-17-47)53-30-22-40-21-29-50-54(31-23-41-20-28-49(53)57(40)58(41)50)64-55-32-26-44(60(4,5)6)37-51(55)52-38-45(61(7,8)9)27-33-56(52)64/h13-38H,1-12H3. The van der Waals surface area contributed by atoms with E-state index in [-0.39, 0.29) is 21.7 Å². The highest BCUT2D eigenvalue weighted by Gasteiger charge is 2.25. The summed E-state index contributed by atoms with van der Waals surface area (Å²) in [5.74, 6) is 0. The molecule has 0 aliphatic carbocycles. The SMILES string of the molecule is CC(C)(C)c1ccc(-c2cc(N(c3ccccc3)c3ccc4ccc5c(-n6c7ccc(C(C)(C)C)cc7c7cc(C(C)(C)C)ccc76)ccc6ccc3c4c65)cc(C(C)(C)C)c2)cc1. The lowest BCUT2D eigenvalue weighted by atomic mass is 9.83. The molecule has 0 aliphatic rings. The predicted molar refractivity (Wildman–Crippen MR) is 279 cm³/mol. The molecule has 0 atom stereocenters. The molecule has 0 fully saturated rings. The number of para-hydroxylation sites is 1. The van der Waals surface area contributed by atoms with Gasteiger partial charge in [-0.3, -0.25) is 0 Å². The van der Waals surface area contributed by atoms with Crippen LogP contribution in [0.2, 0.25) is 0 Å². The van der Waals surface area contributed by atoms with Crippen molar-refractivity contribution in [1.82, 2.24) is 4.57 Å². The van der Waals surface area contributed by atoms with Crippen LogP contribution in [0.1, 0.15) is 105 Å². The highest BCUT2D eigenvalue weighted by molar-refractivity contribution is 6.27. The topological polar surface area (TPSA) is 8.17 Å². The Morgan fingerprint density at radius 1 is 0.344 bits per heavy atom. The van der Waals surface area contributed by atoms with Crippen LogP contribution < -0.4 is 4.90 Å². The maximum Gasteiger partial charge on any atom is 0.0541 e. The van der Waals surface area contributed by atoms with E-state index < -0.39 is 0 Å². The van der Waals surface area contributed by atoms with Crippen LogP contribution in [0.4, 0.5) is 17.1 Å². The van der Waals surface area contributed by atoms with E-state index in [1.165, 1.54) is 98.9 Å². The average molecular weight is 835 g/mol. The molecular formula is C62H62N2. The highest BCUT2D eigenvalue weighted by atomic mass is 15.1. The van der Waals surface area contributed by atoms with Gasteiger partial charge >= 0.3 is 0 Å². The first kappa shape index (κ1) is 41.6. The van der Waals surface area contributed by atoms with E-state index in [0.717, 1.165) is 11.4 Å². The average Bonchev–Trinajstić information content (AvgIpc) is 3.58. The first-order valence-corrected chi connectivity index (χ1v) is 23.2. The van der Waals surface area contributed by atoms with Gasteiger partial charge in [-0.1, -0.05) is 180 Å². The molecule has 9 aromatic carbocycles. The second-order valence-corrected chi connectivity index (χ2v) is 22.4. The summed E-state index contributed by atoms with van der Waals surface area (Å²) in [5.41, 5.74) is 15.0. The van der Waals surface area contributed by atoms with Crippen LogP contribution in [-0.4, -0.2) is 4.57 Å². The first-order valence-electron chi connectivity index (χ1n) is 23.2. The minimum absolute atomic E-state index is 0.0376. The fraction of sp³-hybridized carbons (Fsp3) is 0.258. The van der Waals surface area contributed by atoms with Crippen molar-refractivity contribution in [3.63, 3.8) is 0 Å². The fourth-order valence-corrected chi connectivity index (χ4v) is 9.88. The zero-order valence-corrected chi connectivity index (χ0v) is 39.9. The number of benzene rings is 9. The Balaban J connectivity index is 1.22. The maximum atomic E-state index is 2.53. The van der Waals surface area contributed by atoms with Crippen LogP contribution in [0, 0.1) is 0 Å². The van der Waals surface area contributed by atoms with Crippen LogP contribution in [-0.2, 0) is 21.7 Å². The van der Waals surface area contributed by atoms with Crippen molar-refractivity contribution in [3.8, 4) is 16.8 Å². The zero-order chi connectivity index (χ0) is 45.1. The maximum absolute atomic E-state index is 2.53. The molecule has 0 saturated carbocycles. The second kappa shape index (κ2) is 14.6. The molecule has 10 aromatic rings. The molecule has 0 N–H and O–H groups in total. The van der Waals surface area contributed by atoms with Gasteiger partial charge < -0.3 is 9.47 Å². The molecule has 1 heterocycles. The number of nitrogens with zero attached hydrogens (tertiary/aromatic N) is 2. The third kappa shape index (κ3) is 7.03. The normalized spacial score (nSPS) is 13.0. The van der Waals surface area contributed by atoms with Crippen LogP contribution in [0.3, 0.4) is 0 Å². The summed E-state index contributed by atoms with van der Waals surface area (Å²) in [5, 5.41) is 10.2. The molecule has 0 amide bonds. The van der Waals surface area contributed by atoms with Gasteiger partial charge in [-0.2, -0.15) is 0 Å².